The smallest absolute Gasteiger partial charge is 0.358 e. The summed E-state index contributed by atoms with van der Waals surface area (Å²) in [5.74, 6) is -0.381. The van der Waals surface area contributed by atoms with E-state index in [2.05, 4.69) is 27.6 Å². The van der Waals surface area contributed by atoms with Crippen molar-refractivity contribution in [3.63, 3.8) is 0 Å². The number of ether oxygens (including phenoxy) is 1. The SMILES string of the molecule is O=C(O)c1c(Oc2cccc(I)c2)nc2sccn12. The molecule has 0 fully saturated rings. The van der Waals surface area contributed by atoms with Gasteiger partial charge in [-0.25, -0.2) is 4.79 Å². The number of rotatable bonds is 3. The summed E-state index contributed by atoms with van der Waals surface area (Å²) < 4.78 is 8.10. The molecule has 1 N–H and O–H groups in total. The number of carboxylic acid groups (broad SMARTS) is 1. The molecule has 0 saturated heterocycles. The second-order valence-corrected chi connectivity index (χ2v) is 5.80. The molecule has 0 aliphatic heterocycles. The second kappa shape index (κ2) is 4.82. The molecule has 3 rings (SSSR count). The van der Waals surface area contributed by atoms with Gasteiger partial charge in [-0.15, -0.1) is 11.3 Å². The lowest BCUT2D eigenvalue weighted by Gasteiger charge is -2.03. The first-order valence-corrected chi connectivity index (χ1v) is 7.23. The number of imidazole rings is 1. The van der Waals surface area contributed by atoms with Crippen molar-refractivity contribution in [2.24, 2.45) is 0 Å². The molecule has 0 radical (unpaired) electrons. The maximum Gasteiger partial charge on any atom is 0.358 e. The Morgan fingerprint density at radius 3 is 3.05 bits per heavy atom. The van der Waals surface area contributed by atoms with E-state index in [1.807, 2.05) is 18.2 Å². The van der Waals surface area contributed by atoms with Gasteiger partial charge in [-0.2, -0.15) is 4.98 Å². The zero-order valence-corrected chi connectivity index (χ0v) is 12.4. The first-order valence-electron chi connectivity index (χ1n) is 5.27. The minimum atomic E-state index is -1.06. The maximum atomic E-state index is 11.3. The van der Waals surface area contributed by atoms with Crippen LogP contribution in [0.5, 0.6) is 11.6 Å². The lowest BCUT2D eigenvalue weighted by atomic mass is 10.3. The Morgan fingerprint density at radius 1 is 1.47 bits per heavy atom. The summed E-state index contributed by atoms with van der Waals surface area (Å²) >= 11 is 3.52. The van der Waals surface area contributed by atoms with E-state index in [9.17, 15) is 9.90 Å². The first kappa shape index (κ1) is 12.4. The highest BCUT2D eigenvalue weighted by Crippen LogP contribution is 2.28. The Hall–Kier alpha value is -1.61. The molecule has 0 aliphatic rings. The van der Waals surface area contributed by atoms with Crippen molar-refractivity contribution >= 4 is 44.9 Å². The molecule has 2 aromatic heterocycles. The Bertz CT molecular complexity index is 765. The van der Waals surface area contributed by atoms with Crippen LogP contribution in [0.1, 0.15) is 10.5 Å². The van der Waals surface area contributed by atoms with Crippen molar-refractivity contribution in [1.29, 1.82) is 0 Å². The summed E-state index contributed by atoms with van der Waals surface area (Å²) in [5.41, 5.74) is 0.0371. The van der Waals surface area contributed by atoms with Crippen molar-refractivity contribution in [3.05, 3.63) is 45.1 Å². The molecule has 19 heavy (non-hydrogen) atoms. The molecule has 0 spiro atoms. The fraction of sp³-hybridized carbons (Fsp3) is 0. The summed E-state index contributed by atoms with van der Waals surface area (Å²) in [6, 6.07) is 7.36. The number of thiazole rings is 1. The predicted octanol–water partition coefficient (Wildman–Crippen LogP) is 3.49. The third kappa shape index (κ3) is 2.30. The molecule has 0 unspecified atom stereocenters. The van der Waals surface area contributed by atoms with Crippen LogP contribution in [0, 0.1) is 3.57 Å². The Morgan fingerprint density at radius 2 is 2.32 bits per heavy atom. The third-order valence-electron chi connectivity index (χ3n) is 2.44. The highest BCUT2D eigenvalue weighted by molar-refractivity contribution is 14.1. The van der Waals surface area contributed by atoms with Crippen LogP contribution < -0.4 is 4.74 Å². The van der Waals surface area contributed by atoms with Crippen molar-refractivity contribution in [2.75, 3.05) is 0 Å². The number of fused-ring (bicyclic) bond motifs is 1. The van der Waals surface area contributed by atoms with Gasteiger partial charge in [-0.3, -0.25) is 4.40 Å². The van der Waals surface area contributed by atoms with Crippen LogP contribution >= 0.6 is 33.9 Å². The van der Waals surface area contributed by atoms with Crippen LogP contribution in [-0.4, -0.2) is 20.5 Å². The van der Waals surface area contributed by atoms with E-state index < -0.39 is 5.97 Å². The third-order valence-corrected chi connectivity index (χ3v) is 3.87. The number of nitrogens with zero attached hydrogens (tertiary/aromatic N) is 2. The van der Waals surface area contributed by atoms with E-state index in [1.54, 1.807) is 17.6 Å². The monoisotopic (exact) mass is 386 g/mol. The zero-order chi connectivity index (χ0) is 13.4. The fourth-order valence-electron chi connectivity index (χ4n) is 1.67. The van der Waals surface area contributed by atoms with E-state index >= 15 is 0 Å². The molecule has 0 aliphatic carbocycles. The number of aromatic nitrogens is 2. The van der Waals surface area contributed by atoms with Gasteiger partial charge in [0.1, 0.15) is 5.75 Å². The number of halogens is 1. The van der Waals surface area contributed by atoms with Crippen LogP contribution in [0.25, 0.3) is 4.96 Å². The number of carbonyl (C=O) groups is 1. The highest BCUT2D eigenvalue weighted by Gasteiger charge is 2.21. The minimum Gasteiger partial charge on any atom is -0.476 e. The normalized spacial score (nSPS) is 10.8. The van der Waals surface area contributed by atoms with Gasteiger partial charge in [0.15, 0.2) is 10.7 Å². The topological polar surface area (TPSA) is 63.8 Å². The van der Waals surface area contributed by atoms with Crippen LogP contribution in [0.15, 0.2) is 35.8 Å². The van der Waals surface area contributed by atoms with Crippen LogP contribution in [0.2, 0.25) is 0 Å². The average molecular weight is 386 g/mol. The Labute approximate surface area is 125 Å². The molecular formula is C12H7IN2O3S. The average Bonchev–Trinajstić information content (AvgIpc) is 2.88. The van der Waals surface area contributed by atoms with Crippen molar-refractivity contribution in [3.8, 4) is 11.6 Å². The molecule has 3 aromatic rings. The van der Waals surface area contributed by atoms with Crippen LogP contribution in [0.4, 0.5) is 0 Å². The zero-order valence-electron chi connectivity index (χ0n) is 9.41. The van der Waals surface area contributed by atoms with Gasteiger partial charge < -0.3 is 9.84 Å². The number of carboxylic acids is 1. The number of hydrogen-bond donors (Lipinski definition) is 1. The molecule has 0 atom stereocenters. The second-order valence-electron chi connectivity index (χ2n) is 3.69. The summed E-state index contributed by atoms with van der Waals surface area (Å²) in [5, 5.41) is 11.0. The molecule has 5 nitrogen and oxygen atoms in total. The van der Waals surface area contributed by atoms with Crippen LogP contribution in [-0.2, 0) is 0 Å². The summed E-state index contributed by atoms with van der Waals surface area (Å²) in [4.78, 5) is 16.1. The summed E-state index contributed by atoms with van der Waals surface area (Å²) in [6.45, 7) is 0. The van der Waals surface area contributed by atoms with E-state index in [1.165, 1.54) is 15.7 Å². The Kier molecular flexibility index (Phi) is 3.15. The van der Waals surface area contributed by atoms with Gasteiger partial charge in [0.05, 0.1) is 0 Å². The number of hydrogen-bond acceptors (Lipinski definition) is 4. The molecule has 2 heterocycles. The van der Waals surface area contributed by atoms with Gasteiger partial charge >= 0.3 is 5.97 Å². The summed E-state index contributed by atoms with van der Waals surface area (Å²) in [6.07, 6.45) is 1.66. The molecule has 1 aromatic carbocycles. The van der Waals surface area contributed by atoms with E-state index in [4.69, 9.17) is 4.74 Å². The highest BCUT2D eigenvalue weighted by atomic mass is 127. The van der Waals surface area contributed by atoms with Crippen LogP contribution in [0.3, 0.4) is 0 Å². The molecule has 0 amide bonds. The minimum absolute atomic E-state index is 0.0371. The fourth-order valence-corrected chi connectivity index (χ4v) is 2.89. The van der Waals surface area contributed by atoms with Crippen molar-refractivity contribution in [2.45, 2.75) is 0 Å². The molecule has 0 bridgehead atoms. The standard InChI is InChI=1S/C12H7IN2O3S/c13-7-2-1-3-8(6-7)18-10-9(11(16)17)15-4-5-19-12(15)14-10/h1-6H,(H,16,17). The number of benzene rings is 1. The predicted molar refractivity (Wildman–Crippen MR) is 79.3 cm³/mol. The van der Waals surface area contributed by atoms with Gasteiger partial charge in [-0.1, -0.05) is 6.07 Å². The van der Waals surface area contributed by atoms with E-state index in [0.29, 0.717) is 10.7 Å². The van der Waals surface area contributed by atoms with E-state index in [-0.39, 0.29) is 11.6 Å². The molecule has 7 heteroatoms. The largest absolute Gasteiger partial charge is 0.476 e. The molecule has 96 valence electrons. The lowest BCUT2D eigenvalue weighted by molar-refractivity contribution is 0.0686. The Balaban J connectivity index is 2.07. The van der Waals surface area contributed by atoms with Gasteiger partial charge in [0.25, 0.3) is 5.88 Å². The molecule has 0 saturated carbocycles. The maximum absolute atomic E-state index is 11.3. The number of aromatic carboxylic acids is 1. The van der Waals surface area contributed by atoms with Gasteiger partial charge in [0.2, 0.25) is 0 Å². The van der Waals surface area contributed by atoms with E-state index in [0.717, 1.165) is 3.57 Å². The van der Waals surface area contributed by atoms with Crippen molar-refractivity contribution < 1.29 is 14.6 Å². The van der Waals surface area contributed by atoms with Crippen molar-refractivity contribution in [1.82, 2.24) is 9.38 Å². The molecular weight excluding hydrogens is 379 g/mol. The van der Waals surface area contributed by atoms with Gasteiger partial charge in [-0.05, 0) is 40.8 Å². The van der Waals surface area contributed by atoms with Gasteiger partial charge in [0, 0.05) is 15.1 Å². The first-order chi connectivity index (χ1) is 9.15. The quantitative estimate of drug-likeness (QED) is 0.700. The summed E-state index contributed by atoms with van der Waals surface area (Å²) in [7, 11) is 0. The lowest BCUT2D eigenvalue weighted by Crippen LogP contribution is -2.02.